The molecular formula is C18H15NO3. The fraction of sp³-hybridized carbons (Fsp3) is 0.167. The number of hydrogen-bond donors (Lipinski definition) is 2. The van der Waals surface area contributed by atoms with Crippen molar-refractivity contribution in [3.8, 4) is 11.5 Å². The average Bonchev–Trinajstić information content (AvgIpc) is 2.83. The average molecular weight is 293 g/mol. The van der Waals surface area contributed by atoms with Crippen LogP contribution in [0, 0.1) is 0 Å². The second kappa shape index (κ2) is 4.13. The second-order valence-electron chi connectivity index (χ2n) is 6.14. The number of nitrogens with one attached hydrogen (secondary N) is 1. The van der Waals surface area contributed by atoms with E-state index in [-0.39, 0.29) is 16.9 Å². The summed E-state index contributed by atoms with van der Waals surface area (Å²) in [5.41, 5.74) is 2.59. The lowest BCUT2D eigenvalue weighted by Gasteiger charge is -2.28. The standard InChI is InChI=1S/C18H15NO3/c1-18(2)6-5-10-3-4-12-13-7-11(9-20)15(21)8-14(13)19-16(12)17(10)22-18/h3-9,19,21H,1-2H3. The molecule has 4 heteroatoms. The first-order valence-corrected chi connectivity index (χ1v) is 7.13. The zero-order valence-corrected chi connectivity index (χ0v) is 12.3. The zero-order valence-electron chi connectivity index (χ0n) is 12.3. The number of hydrogen-bond acceptors (Lipinski definition) is 3. The van der Waals surface area contributed by atoms with E-state index in [2.05, 4.69) is 11.1 Å². The first-order chi connectivity index (χ1) is 10.5. The lowest BCUT2D eigenvalue weighted by molar-refractivity contribution is 0.112. The molecule has 4 nitrogen and oxygen atoms in total. The summed E-state index contributed by atoms with van der Waals surface area (Å²) in [6.45, 7) is 4.01. The van der Waals surface area contributed by atoms with Crippen LogP contribution in [0.25, 0.3) is 27.9 Å². The topological polar surface area (TPSA) is 62.3 Å². The number of ether oxygens (including phenoxy) is 1. The van der Waals surface area contributed by atoms with Gasteiger partial charge < -0.3 is 14.8 Å². The van der Waals surface area contributed by atoms with Gasteiger partial charge in [-0.1, -0.05) is 18.2 Å². The van der Waals surface area contributed by atoms with Crippen molar-refractivity contribution < 1.29 is 14.6 Å². The molecule has 0 atom stereocenters. The molecule has 0 unspecified atom stereocenters. The van der Waals surface area contributed by atoms with Crippen LogP contribution in [0.5, 0.6) is 11.5 Å². The Hall–Kier alpha value is -2.75. The van der Waals surface area contributed by atoms with Gasteiger partial charge in [0, 0.05) is 22.4 Å². The van der Waals surface area contributed by atoms with Gasteiger partial charge in [-0.05, 0) is 26.0 Å². The molecular weight excluding hydrogens is 278 g/mol. The number of aromatic nitrogens is 1. The van der Waals surface area contributed by atoms with Crippen molar-refractivity contribution in [2.45, 2.75) is 19.4 Å². The van der Waals surface area contributed by atoms with Crippen LogP contribution in [-0.4, -0.2) is 22.0 Å². The molecule has 0 amide bonds. The van der Waals surface area contributed by atoms with E-state index in [1.165, 1.54) is 0 Å². The van der Waals surface area contributed by atoms with Crippen LogP contribution in [0.4, 0.5) is 0 Å². The van der Waals surface area contributed by atoms with E-state index < -0.39 is 0 Å². The first-order valence-electron chi connectivity index (χ1n) is 7.13. The van der Waals surface area contributed by atoms with Gasteiger partial charge in [0.15, 0.2) is 12.0 Å². The monoisotopic (exact) mass is 293 g/mol. The van der Waals surface area contributed by atoms with Gasteiger partial charge in [-0.25, -0.2) is 0 Å². The maximum atomic E-state index is 11.0. The number of rotatable bonds is 1. The van der Waals surface area contributed by atoms with Crippen molar-refractivity contribution in [3.63, 3.8) is 0 Å². The Kier molecular flexibility index (Phi) is 2.43. The van der Waals surface area contributed by atoms with E-state index in [1.807, 2.05) is 32.1 Å². The molecule has 2 aromatic carbocycles. The maximum absolute atomic E-state index is 11.0. The third kappa shape index (κ3) is 1.73. The summed E-state index contributed by atoms with van der Waals surface area (Å²) in [5, 5.41) is 11.7. The van der Waals surface area contributed by atoms with Gasteiger partial charge in [0.1, 0.15) is 11.4 Å². The highest BCUT2D eigenvalue weighted by atomic mass is 16.5. The van der Waals surface area contributed by atoms with E-state index in [9.17, 15) is 9.90 Å². The van der Waals surface area contributed by atoms with E-state index >= 15 is 0 Å². The SMILES string of the molecule is CC1(C)C=Cc2ccc3c([nH]c4cc(O)c(C=O)cc43)c2O1. The number of H-pyrrole nitrogens is 1. The molecule has 0 fully saturated rings. The Morgan fingerprint density at radius 3 is 2.82 bits per heavy atom. The van der Waals surface area contributed by atoms with Crippen LogP contribution in [0.15, 0.2) is 30.3 Å². The molecule has 1 aliphatic rings. The summed E-state index contributed by atoms with van der Waals surface area (Å²) in [6, 6.07) is 7.29. The third-order valence-corrected chi connectivity index (χ3v) is 4.06. The van der Waals surface area contributed by atoms with Crippen molar-refractivity contribution in [1.29, 1.82) is 0 Å². The van der Waals surface area contributed by atoms with Crippen molar-refractivity contribution in [2.24, 2.45) is 0 Å². The Labute approximate surface area is 127 Å². The van der Waals surface area contributed by atoms with Crippen molar-refractivity contribution >= 4 is 34.2 Å². The minimum Gasteiger partial charge on any atom is -0.507 e. The Morgan fingerprint density at radius 1 is 1.23 bits per heavy atom. The van der Waals surface area contributed by atoms with Crippen LogP contribution in [-0.2, 0) is 0 Å². The molecule has 0 bridgehead atoms. The molecule has 3 aromatic rings. The molecule has 0 aliphatic carbocycles. The van der Waals surface area contributed by atoms with Gasteiger partial charge in [-0.15, -0.1) is 0 Å². The molecule has 110 valence electrons. The number of benzene rings is 2. The zero-order chi connectivity index (χ0) is 15.5. The third-order valence-electron chi connectivity index (χ3n) is 4.06. The van der Waals surface area contributed by atoms with Crippen LogP contribution < -0.4 is 4.74 Å². The molecule has 22 heavy (non-hydrogen) atoms. The fourth-order valence-corrected chi connectivity index (χ4v) is 2.94. The number of carbonyl (C=O) groups is 1. The molecule has 4 rings (SSSR count). The molecule has 1 aliphatic heterocycles. The molecule has 0 spiro atoms. The molecule has 2 N–H and O–H groups in total. The normalized spacial score (nSPS) is 15.7. The van der Waals surface area contributed by atoms with Gasteiger partial charge in [0.05, 0.1) is 16.6 Å². The summed E-state index contributed by atoms with van der Waals surface area (Å²) in [5.74, 6) is 0.775. The quantitative estimate of drug-likeness (QED) is 0.666. The lowest BCUT2D eigenvalue weighted by atomic mass is 10.0. The van der Waals surface area contributed by atoms with Gasteiger partial charge in [-0.2, -0.15) is 0 Å². The smallest absolute Gasteiger partial charge is 0.153 e. The highest BCUT2D eigenvalue weighted by molar-refractivity contribution is 6.12. The van der Waals surface area contributed by atoms with Gasteiger partial charge in [0.25, 0.3) is 0 Å². The van der Waals surface area contributed by atoms with Gasteiger partial charge >= 0.3 is 0 Å². The molecule has 0 radical (unpaired) electrons. The number of aromatic hydroxyl groups is 1. The maximum Gasteiger partial charge on any atom is 0.153 e. The van der Waals surface area contributed by atoms with Crippen molar-refractivity contribution in [2.75, 3.05) is 0 Å². The van der Waals surface area contributed by atoms with Gasteiger partial charge in [0.2, 0.25) is 0 Å². The molecule has 1 aromatic heterocycles. The van der Waals surface area contributed by atoms with Gasteiger partial charge in [-0.3, -0.25) is 4.79 Å². The van der Waals surface area contributed by atoms with Crippen molar-refractivity contribution in [3.05, 3.63) is 41.5 Å². The molecule has 2 heterocycles. The van der Waals surface area contributed by atoms with E-state index in [4.69, 9.17) is 4.74 Å². The van der Waals surface area contributed by atoms with E-state index in [0.717, 1.165) is 33.1 Å². The summed E-state index contributed by atoms with van der Waals surface area (Å²) < 4.78 is 6.10. The van der Waals surface area contributed by atoms with Crippen LogP contribution in [0.2, 0.25) is 0 Å². The highest BCUT2D eigenvalue weighted by Crippen LogP contribution is 2.40. The number of phenols is 1. The molecule has 0 saturated carbocycles. The minimum atomic E-state index is -0.366. The Bertz CT molecular complexity index is 964. The fourth-order valence-electron chi connectivity index (χ4n) is 2.94. The minimum absolute atomic E-state index is 0.0240. The lowest BCUT2D eigenvalue weighted by Crippen LogP contribution is -2.27. The predicted molar refractivity (Wildman–Crippen MR) is 86.6 cm³/mol. The Balaban J connectivity index is 2.09. The predicted octanol–water partition coefficient (Wildman–Crippen LogP) is 4.02. The first kappa shape index (κ1) is 13.0. The summed E-state index contributed by atoms with van der Waals surface area (Å²) in [6.07, 6.45) is 4.74. The summed E-state index contributed by atoms with van der Waals surface area (Å²) >= 11 is 0. The number of fused-ring (bicyclic) bond motifs is 5. The number of aromatic amines is 1. The van der Waals surface area contributed by atoms with Crippen LogP contribution in [0.3, 0.4) is 0 Å². The van der Waals surface area contributed by atoms with Crippen molar-refractivity contribution in [1.82, 2.24) is 4.98 Å². The summed E-state index contributed by atoms with van der Waals surface area (Å²) in [7, 11) is 0. The number of carbonyl (C=O) groups excluding carboxylic acids is 1. The Morgan fingerprint density at radius 2 is 2.05 bits per heavy atom. The van der Waals surface area contributed by atoms with Crippen LogP contribution in [0.1, 0.15) is 29.8 Å². The number of aldehydes is 1. The largest absolute Gasteiger partial charge is 0.507 e. The van der Waals surface area contributed by atoms with E-state index in [1.54, 1.807) is 12.1 Å². The second-order valence-corrected chi connectivity index (χ2v) is 6.14. The molecule has 0 saturated heterocycles. The highest BCUT2D eigenvalue weighted by Gasteiger charge is 2.24. The summed E-state index contributed by atoms with van der Waals surface area (Å²) in [4.78, 5) is 14.3. The van der Waals surface area contributed by atoms with Crippen LogP contribution >= 0.6 is 0 Å². The van der Waals surface area contributed by atoms with E-state index in [0.29, 0.717) is 6.29 Å². The number of phenolic OH excluding ortho intramolecular Hbond substituents is 1.